The first-order valence-electron chi connectivity index (χ1n) is 10.9. The van der Waals surface area contributed by atoms with Gasteiger partial charge in [-0.15, -0.1) is 11.3 Å². The predicted octanol–water partition coefficient (Wildman–Crippen LogP) is 2.92. The summed E-state index contributed by atoms with van der Waals surface area (Å²) < 4.78 is 5.38. The van der Waals surface area contributed by atoms with Gasteiger partial charge in [-0.1, -0.05) is 24.6 Å². The monoisotopic (exact) mass is 444 g/mol. The molecule has 0 unspecified atom stereocenters. The molecular formula is C23H32N4O3S. The van der Waals surface area contributed by atoms with E-state index >= 15 is 0 Å². The van der Waals surface area contributed by atoms with Crippen LogP contribution in [0.4, 0.5) is 0 Å². The minimum Gasteiger partial charge on any atom is -0.379 e. The first-order chi connectivity index (χ1) is 15.1. The zero-order valence-electron chi connectivity index (χ0n) is 18.2. The second-order valence-electron chi connectivity index (χ2n) is 7.80. The molecular weight excluding hydrogens is 412 g/mol. The van der Waals surface area contributed by atoms with Gasteiger partial charge in [-0.05, 0) is 25.0 Å². The van der Waals surface area contributed by atoms with Crippen LogP contribution in [0.25, 0.3) is 0 Å². The Morgan fingerprint density at radius 3 is 2.71 bits per heavy atom. The summed E-state index contributed by atoms with van der Waals surface area (Å²) in [5, 5.41) is 6.07. The maximum absolute atomic E-state index is 12.4. The average molecular weight is 445 g/mol. The third-order valence-corrected chi connectivity index (χ3v) is 6.16. The smallest absolute Gasteiger partial charge is 0.251 e. The van der Waals surface area contributed by atoms with Crippen LogP contribution in [-0.4, -0.2) is 66.5 Å². The maximum atomic E-state index is 12.4. The van der Waals surface area contributed by atoms with Crippen LogP contribution in [-0.2, 0) is 22.6 Å². The highest BCUT2D eigenvalue weighted by atomic mass is 32.1. The summed E-state index contributed by atoms with van der Waals surface area (Å²) in [4.78, 5) is 33.2. The predicted molar refractivity (Wildman–Crippen MR) is 122 cm³/mol. The molecule has 0 atom stereocenters. The normalized spacial score (nSPS) is 14.4. The van der Waals surface area contributed by atoms with Gasteiger partial charge in [0.1, 0.15) is 5.01 Å². The van der Waals surface area contributed by atoms with E-state index in [4.69, 9.17) is 9.72 Å². The fraction of sp³-hybridized carbons (Fsp3) is 0.522. The van der Waals surface area contributed by atoms with Crippen LogP contribution in [0.5, 0.6) is 0 Å². The van der Waals surface area contributed by atoms with Crippen molar-refractivity contribution in [3.05, 3.63) is 52.0 Å². The van der Waals surface area contributed by atoms with Crippen LogP contribution in [0.1, 0.15) is 46.7 Å². The number of morpholine rings is 1. The average Bonchev–Trinajstić information content (AvgIpc) is 3.23. The summed E-state index contributed by atoms with van der Waals surface area (Å²) in [7, 11) is 1.84. The van der Waals surface area contributed by atoms with Crippen molar-refractivity contribution < 1.29 is 14.3 Å². The van der Waals surface area contributed by atoms with Gasteiger partial charge in [-0.25, -0.2) is 4.98 Å². The largest absolute Gasteiger partial charge is 0.379 e. The van der Waals surface area contributed by atoms with E-state index in [9.17, 15) is 9.59 Å². The van der Waals surface area contributed by atoms with Gasteiger partial charge in [-0.3, -0.25) is 14.5 Å². The first-order valence-corrected chi connectivity index (χ1v) is 11.8. The molecule has 1 aliphatic rings. The fourth-order valence-corrected chi connectivity index (χ4v) is 4.26. The molecule has 2 heterocycles. The summed E-state index contributed by atoms with van der Waals surface area (Å²) in [6.45, 7) is 5.50. The zero-order valence-corrected chi connectivity index (χ0v) is 19.0. The molecule has 0 bridgehead atoms. The Balaban J connectivity index is 1.28. The van der Waals surface area contributed by atoms with Crippen LogP contribution in [0, 0.1) is 0 Å². The van der Waals surface area contributed by atoms with Crippen LogP contribution in [0.3, 0.4) is 0 Å². The van der Waals surface area contributed by atoms with E-state index < -0.39 is 0 Å². The number of aromatic nitrogens is 1. The van der Waals surface area contributed by atoms with Gasteiger partial charge in [0, 0.05) is 44.0 Å². The Bertz CT molecular complexity index is 821. The highest BCUT2D eigenvalue weighted by Gasteiger charge is 2.15. The molecule has 1 aromatic heterocycles. The molecule has 0 aliphatic carbocycles. The second kappa shape index (κ2) is 12.5. The SMILES string of the molecule is CN(Cc1csc(CN2CCOCC2)n1)C(=O)CCCCCNC(=O)c1ccccc1. The van der Waals surface area contributed by atoms with Crippen molar-refractivity contribution in [1.29, 1.82) is 0 Å². The quantitative estimate of drug-likeness (QED) is 0.540. The molecule has 8 heteroatoms. The standard InChI is InChI=1S/C23H32N4O3S/c1-26(16-20-18-31-21(25-20)17-27-12-14-30-15-13-27)22(28)10-6-3-7-11-24-23(29)19-8-4-2-5-9-19/h2,4-5,8-9,18H,3,6-7,10-17H2,1H3,(H,24,29). The minimum atomic E-state index is -0.0485. The molecule has 1 aromatic carbocycles. The fourth-order valence-electron chi connectivity index (χ4n) is 3.44. The summed E-state index contributed by atoms with van der Waals surface area (Å²) in [5.74, 6) is 0.0868. The van der Waals surface area contributed by atoms with E-state index in [1.807, 2.05) is 25.2 Å². The van der Waals surface area contributed by atoms with Crippen molar-refractivity contribution in [3.8, 4) is 0 Å². The summed E-state index contributed by atoms with van der Waals surface area (Å²) in [6, 6.07) is 9.21. The van der Waals surface area contributed by atoms with Gasteiger partial charge in [-0.2, -0.15) is 0 Å². The van der Waals surface area contributed by atoms with Crippen LogP contribution >= 0.6 is 11.3 Å². The van der Waals surface area contributed by atoms with Gasteiger partial charge >= 0.3 is 0 Å². The van der Waals surface area contributed by atoms with Gasteiger partial charge in [0.25, 0.3) is 5.91 Å². The van der Waals surface area contributed by atoms with Crippen molar-refractivity contribution >= 4 is 23.2 Å². The Hall–Kier alpha value is -2.29. The summed E-state index contributed by atoms with van der Waals surface area (Å²) >= 11 is 1.66. The molecule has 2 amide bonds. The molecule has 1 saturated heterocycles. The molecule has 3 rings (SSSR count). The molecule has 1 aliphatic heterocycles. The number of rotatable bonds is 11. The number of amides is 2. The molecule has 0 spiro atoms. The van der Waals surface area contributed by atoms with E-state index in [-0.39, 0.29) is 11.8 Å². The topological polar surface area (TPSA) is 74.8 Å². The van der Waals surface area contributed by atoms with Crippen molar-refractivity contribution in [1.82, 2.24) is 20.1 Å². The second-order valence-corrected chi connectivity index (χ2v) is 8.75. The van der Waals surface area contributed by atoms with E-state index in [1.54, 1.807) is 28.4 Å². The maximum Gasteiger partial charge on any atom is 0.251 e. The Kier molecular flexibility index (Phi) is 9.45. The van der Waals surface area contributed by atoms with Crippen molar-refractivity contribution in [2.24, 2.45) is 0 Å². The lowest BCUT2D eigenvalue weighted by atomic mass is 10.1. The molecule has 1 N–H and O–H groups in total. The van der Waals surface area contributed by atoms with Crippen LogP contribution < -0.4 is 5.32 Å². The van der Waals surface area contributed by atoms with Crippen LogP contribution in [0.2, 0.25) is 0 Å². The number of thiazole rings is 1. The third-order valence-electron chi connectivity index (χ3n) is 5.28. The molecule has 7 nitrogen and oxygen atoms in total. The Morgan fingerprint density at radius 2 is 1.94 bits per heavy atom. The molecule has 31 heavy (non-hydrogen) atoms. The highest BCUT2D eigenvalue weighted by Crippen LogP contribution is 2.15. The van der Waals surface area contributed by atoms with E-state index in [1.165, 1.54) is 0 Å². The van der Waals surface area contributed by atoms with Gasteiger partial charge in [0.05, 0.1) is 32.0 Å². The number of nitrogens with zero attached hydrogens (tertiary/aromatic N) is 3. The third kappa shape index (κ3) is 8.05. The molecule has 2 aromatic rings. The van der Waals surface area contributed by atoms with E-state index in [0.29, 0.717) is 25.1 Å². The van der Waals surface area contributed by atoms with Crippen LogP contribution in [0.15, 0.2) is 35.7 Å². The number of nitrogens with one attached hydrogen (secondary N) is 1. The van der Waals surface area contributed by atoms with Gasteiger partial charge < -0.3 is 15.0 Å². The van der Waals surface area contributed by atoms with E-state index in [0.717, 1.165) is 62.8 Å². The van der Waals surface area contributed by atoms with Crippen molar-refractivity contribution in [3.63, 3.8) is 0 Å². The van der Waals surface area contributed by atoms with Crippen molar-refractivity contribution in [2.45, 2.75) is 38.8 Å². The number of hydrogen-bond donors (Lipinski definition) is 1. The Morgan fingerprint density at radius 1 is 1.16 bits per heavy atom. The highest BCUT2D eigenvalue weighted by molar-refractivity contribution is 7.09. The van der Waals surface area contributed by atoms with Crippen molar-refractivity contribution in [2.75, 3.05) is 39.9 Å². The summed E-state index contributed by atoms with van der Waals surface area (Å²) in [5.41, 5.74) is 1.63. The van der Waals surface area contributed by atoms with Gasteiger partial charge in [0.2, 0.25) is 5.91 Å². The molecule has 0 saturated carbocycles. The molecule has 168 valence electrons. The number of unbranched alkanes of at least 4 members (excludes halogenated alkanes) is 2. The van der Waals surface area contributed by atoms with E-state index in [2.05, 4.69) is 15.6 Å². The lowest BCUT2D eigenvalue weighted by molar-refractivity contribution is -0.130. The number of carbonyl (C=O) groups excluding carboxylic acids is 2. The van der Waals surface area contributed by atoms with Gasteiger partial charge in [0.15, 0.2) is 0 Å². The molecule has 1 fully saturated rings. The number of ether oxygens (including phenoxy) is 1. The molecule has 0 radical (unpaired) electrons. The number of hydrogen-bond acceptors (Lipinski definition) is 6. The summed E-state index contributed by atoms with van der Waals surface area (Å²) in [6.07, 6.45) is 3.12. The minimum absolute atomic E-state index is 0.0485. The number of benzene rings is 1. The Labute approximate surface area is 188 Å². The lowest BCUT2D eigenvalue weighted by Crippen LogP contribution is -2.35. The first kappa shape index (κ1) is 23.4. The number of carbonyl (C=O) groups is 2. The zero-order chi connectivity index (χ0) is 21.9. The lowest BCUT2D eigenvalue weighted by Gasteiger charge is -2.25.